The van der Waals surface area contributed by atoms with E-state index in [1.165, 1.54) is 17.7 Å². The van der Waals surface area contributed by atoms with Gasteiger partial charge in [0, 0.05) is 24.9 Å². The maximum atomic E-state index is 11.9. The minimum Gasteiger partial charge on any atom is -0.338 e. The van der Waals surface area contributed by atoms with Crippen molar-refractivity contribution in [3.63, 3.8) is 0 Å². The van der Waals surface area contributed by atoms with E-state index in [2.05, 4.69) is 30.6 Å². The number of aryl methyl sites for hydroxylation is 2. The topological polar surface area (TPSA) is 113 Å². The molecule has 10 heteroatoms. The van der Waals surface area contributed by atoms with Crippen LogP contribution >= 0.6 is 0 Å². The summed E-state index contributed by atoms with van der Waals surface area (Å²) in [5.41, 5.74) is 1.97. The summed E-state index contributed by atoms with van der Waals surface area (Å²) >= 11 is 0. The normalized spacial score (nSPS) is 11.1. The molecule has 3 rings (SSSR count). The summed E-state index contributed by atoms with van der Waals surface area (Å²) in [4.78, 5) is 17.0. The molecule has 0 atom stereocenters. The Morgan fingerprint density at radius 3 is 2.29 bits per heavy atom. The summed E-state index contributed by atoms with van der Waals surface area (Å²) in [6, 6.07) is 10.6. The number of rotatable bonds is 6. The molecule has 3 aromatic rings. The van der Waals surface area contributed by atoms with Crippen molar-refractivity contribution in [1.82, 2.24) is 19.9 Å². The molecule has 0 saturated heterocycles. The summed E-state index contributed by atoms with van der Waals surface area (Å²) < 4.78 is 25.0. The molecule has 9 nitrogen and oxygen atoms in total. The van der Waals surface area contributed by atoms with Crippen molar-refractivity contribution in [2.45, 2.75) is 13.8 Å². The van der Waals surface area contributed by atoms with Crippen molar-refractivity contribution in [2.75, 3.05) is 28.2 Å². The van der Waals surface area contributed by atoms with E-state index in [4.69, 9.17) is 0 Å². The van der Waals surface area contributed by atoms with Crippen LogP contribution in [0.1, 0.15) is 11.5 Å². The van der Waals surface area contributed by atoms with Crippen LogP contribution in [0.4, 0.5) is 28.8 Å². The smallest absolute Gasteiger partial charge is 0.232 e. The highest BCUT2D eigenvalue weighted by Gasteiger charge is 2.16. The number of aromatic nitrogens is 4. The number of nitrogens with one attached hydrogen (secondary N) is 2. The third-order valence-electron chi connectivity index (χ3n) is 3.89. The third kappa shape index (κ3) is 4.71. The monoisotopic (exact) mass is 399 g/mol. The highest BCUT2D eigenvalue weighted by molar-refractivity contribution is 7.92. The highest BCUT2D eigenvalue weighted by Crippen LogP contribution is 2.29. The number of para-hydroxylation sites is 2. The molecule has 2 heterocycles. The SMILES string of the molecule is Cc1cc(Nc2cc(Nc3ccccc3N(C)S(C)(=O)=O)ncn2)nc(C)n1. The van der Waals surface area contributed by atoms with E-state index in [-0.39, 0.29) is 0 Å². The molecule has 0 unspecified atom stereocenters. The van der Waals surface area contributed by atoms with Gasteiger partial charge in [0.2, 0.25) is 10.0 Å². The fourth-order valence-electron chi connectivity index (χ4n) is 2.58. The van der Waals surface area contributed by atoms with Crippen LogP contribution in [0, 0.1) is 13.8 Å². The average molecular weight is 399 g/mol. The summed E-state index contributed by atoms with van der Waals surface area (Å²) in [5.74, 6) is 2.35. The van der Waals surface area contributed by atoms with Crippen LogP contribution in [-0.2, 0) is 10.0 Å². The quantitative estimate of drug-likeness (QED) is 0.650. The van der Waals surface area contributed by atoms with Crippen molar-refractivity contribution in [3.8, 4) is 0 Å². The molecule has 1 aromatic carbocycles. The van der Waals surface area contributed by atoms with Gasteiger partial charge in [-0.15, -0.1) is 0 Å². The van der Waals surface area contributed by atoms with E-state index < -0.39 is 10.0 Å². The van der Waals surface area contributed by atoms with Gasteiger partial charge in [-0.3, -0.25) is 4.31 Å². The van der Waals surface area contributed by atoms with Crippen molar-refractivity contribution in [2.24, 2.45) is 0 Å². The maximum absolute atomic E-state index is 11.9. The Kier molecular flexibility index (Phi) is 5.41. The number of hydrogen-bond donors (Lipinski definition) is 2. The molecule has 2 N–H and O–H groups in total. The molecule has 0 aliphatic heterocycles. The van der Waals surface area contributed by atoms with Crippen LogP contribution in [-0.4, -0.2) is 41.7 Å². The minimum atomic E-state index is -3.39. The molecule has 2 aromatic heterocycles. The summed E-state index contributed by atoms with van der Waals surface area (Å²) in [5, 5.41) is 6.27. The van der Waals surface area contributed by atoms with E-state index in [1.54, 1.807) is 24.3 Å². The number of benzene rings is 1. The first-order valence-corrected chi connectivity index (χ1v) is 10.3. The Morgan fingerprint density at radius 1 is 0.929 bits per heavy atom. The predicted octanol–water partition coefficient (Wildman–Crippen LogP) is 2.77. The van der Waals surface area contributed by atoms with Gasteiger partial charge in [-0.05, 0) is 26.0 Å². The van der Waals surface area contributed by atoms with Gasteiger partial charge in [-0.25, -0.2) is 28.4 Å². The van der Waals surface area contributed by atoms with E-state index in [0.29, 0.717) is 34.7 Å². The zero-order valence-corrected chi connectivity index (χ0v) is 16.8. The predicted molar refractivity (Wildman–Crippen MR) is 110 cm³/mol. The fraction of sp³-hybridized carbons (Fsp3) is 0.222. The standard InChI is InChI=1S/C18H21N7O2S/c1-12-9-18(22-13(2)21-12)24-17-10-16(19-11-20-17)23-14-7-5-6-8-15(14)25(3)28(4,26)27/h5-11H,1-4H3,(H2,19,20,21,22,23,24). The molecule has 0 aliphatic rings. The largest absolute Gasteiger partial charge is 0.338 e. The lowest BCUT2D eigenvalue weighted by Crippen LogP contribution is -2.25. The van der Waals surface area contributed by atoms with Gasteiger partial charge in [0.25, 0.3) is 0 Å². The Hall–Kier alpha value is -3.27. The van der Waals surface area contributed by atoms with E-state index in [9.17, 15) is 8.42 Å². The molecular weight excluding hydrogens is 378 g/mol. The first kappa shape index (κ1) is 19.5. The molecule has 0 radical (unpaired) electrons. The lowest BCUT2D eigenvalue weighted by Gasteiger charge is -2.20. The number of hydrogen-bond acceptors (Lipinski definition) is 8. The van der Waals surface area contributed by atoms with Crippen LogP contribution < -0.4 is 14.9 Å². The van der Waals surface area contributed by atoms with Gasteiger partial charge in [-0.1, -0.05) is 12.1 Å². The van der Waals surface area contributed by atoms with Gasteiger partial charge in [0.1, 0.15) is 29.6 Å². The fourth-order valence-corrected chi connectivity index (χ4v) is 3.09. The van der Waals surface area contributed by atoms with Gasteiger partial charge < -0.3 is 10.6 Å². The molecule has 0 amide bonds. The van der Waals surface area contributed by atoms with Gasteiger partial charge in [-0.2, -0.15) is 0 Å². The second-order valence-corrected chi connectivity index (χ2v) is 8.24. The van der Waals surface area contributed by atoms with Crippen molar-refractivity contribution in [1.29, 1.82) is 0 Å². The first-order chi connectivity index (χ1) is 13.2. The van der Waals surface area contributed by atoms with Crippen LogP contribution in [0.5, 0.6) is 0 Å². The summed E-state index contributed by atoms with van der Waals surface area (Å²) in [7, 11) is -1.89. The Balaban J connectivity index is 1.86. The van der Waals surface area contributed by atoms with Crippen LogP contribution in [0.3, 0.4) is 0 Å². The zero-order chi connectivity index (χ0) is 20.3. The number of sulfonamides is 1. The van der Waals surface area contributed by atoms with Crippen molar-refractivity contribution >= 4 is 38.9 Å². The molecule has 0 spiro atoms. The number of nitrogens with zero attached hydrogens (tertiary/aromatic N) is 5. The van der Waals surface area contributed by atoms with Crippen molar-refractivity contribution in [3.05, 3.63) is 54.2 Å². The van der Waals surface area contributed by atoms with Crippen LogP contribution in [0.25, 0.3) is 0 Å². The van der Waals surface area contributed by atoms with Gasteiger partial charge in [0.15, 0.2) is 0 Å². The second kappa shape index (κ2) is 7.77. The Morgan fingerprint density at radius 2 is 1.61 bits per heavy atom. The summed E-state index contributed by atoms with van der Waals surface area (Å²) in [6.45, 7) is 3.71. The van der Waals surface area contributed by atoms with Crippen LogP contribution in [0.15, 0.2) is 42.7 Å². The molecule has 28 heavy (non-hydrogen) atoms. The van der Waals surface area contributed by atoms with E-state index in [0.717, 1.165) is 11.9 Å². The Bertz CT molecular complexity index is 1080. The average Bonchev–Trinajstić information content (AvgIpc) is 2.60. The first-order valence-electron chi connectivity index (χ1n) is 8.44. The molecule has 146 valence electrons. The molecule has 0 bridgehead atoms. The molecular formula is C18H21N7O2S. The van der Waals surface area contributed by atoms with Crippen LogP contribution in [0.2, 0.25) is 0 Å². The van der Waals surface area contributed by atoms with Crippen molar-refractivity contribution < 1.29 is 8.42 Å². The number of anilines is 5. The van der Waals surface area contributed by atoms with Gasteiger partial charge in [0.05, 0.1) is 17.6 Å². The maximum Gasteiger partial charge on any atom is 0.232 e. The molecule has 0 saturated carbocycles. The van der Waals surface area contributed by atoms with E-state index in [1.807, 2.05) is 26.0 Å². The summed E-state index contributed by atoms with van der Waals surface area (Å²) in [6.07, 6.45) is 2.57. The second-order valence-electron chi connectivity index (χ2n) is 6.23. The lowest BCUT2D eigenvalue weighted by molar-refractivity contribution is 0.600. The van der Waals surface area contributed by atoms with E-state index >= 15 is 0 Å². The molecule has 0 fully saturated rings. The van der Waals surface area contributed by atoms with Gasteiger partial charge >= 0.3 is 0 Å². The minimum absolute atomic E-state index is 0.509. The molecule has 0 aliphatic carbocycles. The highest BCUT2D eigenvalue weighted by atomic mass is 32.2. The Labute approximate surface area is 164 Å². The third-order valence-corrected chi connectivity index (χ3v) is 5.08. The lowest BCUT2D eigenvalue weighted by atomic mass is 10.2. The zero-order valence-electron chi connectivity index (χ0n) is 16.0.